The average molecular weight is 567 g/mol. The summed E-state index contributed by atoms with van der Waals surface area (Å²) in [6, 6.07) is 3.13. The molecular weight excluding hydrogens is 539 g/mol. The van der Waals surface area contributed by atoms with Crippen LogP contribution in [0.15, 0.2) is 24.4 Å². The summed E-state index contributed by atoms with van der Waals surface area (Å²) >= 11 is 6.17. The maximum Gasteiger partial charge on any atom is 0.415 e. The number of ether oxygens (including phenoxy) is 3. The van der Waals surface area contributed by atoms with Crippen molar-refractivity contribution < 1.29 is 33.1 Å². The van der Waals surface area contributed by atoms with E-state index in [-0.39, 0.29) is 41.0 Å². The van der Waals surface area contributed by atoms with Crippen LogP contribution < -0.4 is 15.0 Å². The van der Waals surface area contributed by atoms with Crippen LogP contribution in [0.5, 0.6) is 5.75 Å². The molecule has 0 saturated carbocycles. The first-order valence-corrected chi connectivity index (χ1v) is 12.0. The standard InChI is InChI=1S/C24H28ClFN6O7/c1-13(11-38-12-14-7-16(26)20(37-6)17(8-14)32(35)36)28-22(33)15-10-27-31-19(9-18(25)29-21(15)31)30(5)23(34)39-24(2,3)4/h7-10,13H,11-12H2,1-6H3,(H,28,33). The maximum absolute atomic E-state index is 14.1. The van der Waals surface area contributed by atoms with Crippen molar-refractivity contribution in [1.82, 2.24) is 19.9 Å². The van der Waals surface area contributed by atoms with Crippen LogP contribution in [-0.2, 0) is 16.1 Å². The summed E-state index contributed by atoms with van der Waals surface area (Å²) in [5, 5.41) is 18.1. The number of methoxy groups -OCH3 is 1. The number of nitro groups is 1. The van der Waals surface area contributed by atoms with Gasteiger partial charge in [0, 0.05) is 25.2 Å². The second-order valence-electron chi connectivity index (χ2n) is 9.55. The fraction of sp³-hybridized carbons (Fsp3) is 0.417. The average Bonchev–Trinajstić information content (AvgIpc) is 3.25. The molecule has 15 heteroatoms. The zero-order chi connectivity index (χ0) is 29.1. The third-order valence-electron chi connectivity index (χ3n) is 5.18. The summed E-state index contributed by atoms with van der Waals surface area (Å²) in [5.41, 5.74) is -0.823. The van der Waals surface area contributed by atoms with E-state index in [0.717, 1.165) is 19.2 Å². The Morgan fingerprint density at radius 3 is 2.62 bits per heavy atom. The topological polar surface area (TPSA) is 150 Å². The summed E-state index contributed by atoms with van der Waals surface area (Å²) in [5.74, 6) is -1.65. The van der Waals surface area contributed by atoms with Crippen molar-refractivity contribution in [3.05, 3.63) is 56.6 Å². The first-order chi connectivity index (χ1) is 18.2. The van der Waals surface area contributed by atoms with Crippen LogP contribution in [0.4, 0.5) is 20.7 Å². The van der Waals surface area contributed by atoms with Crippen molar-refractivity contribution in [3.63, 3.8) is 0 Å². The van der Waals surface area contributed by atoms with Crippen LogP contribution in [0, 0.1) is 15.9 Å². The molecule has 0 radical (unpaired) electrons. The number of rotatable bonds is 9. The molecule has 1 atom stereocenters. The third-order valence-corrected chi connectivity index (χ3v) is 5.37. The molecule has 210 valence electrons. The zero-order valence-electron chi connectivity index (χ0n) is 22.2. The number of benzene rings is 1. The Balaban J connectivity index is 1.69. The number of nitrogens with zero attached hydrogens (tertiary/aromatic N) is 5. The van der Waals surface area contributed by atoms with Crippen molar-refractivity contribution in [3.8, 4) is 5.75 Å². The monoisotopic (exact) mass is 566 g/mol. The molecule has 0 saturated heterocycles. The van der Waals surface area contributed by atoms with Gasteiger partial charge in [0.25, 0.3) is 5.91 Å². The Labute approximate surface area is 227 Å². The van der Waals surface area contributed by atoms with E-state index in [0.29, 0.717) is 0 Å². The van der Waals surface area contributed by atoms with Crippen molar-refractivity contribution in [1.29, 1.82) is 0 Å². The minimum atomic E-state index is -0.886. The molecule has 0 spiro atoms. The molecule has 2 amide bonds. The zero-order valence-corrected chi connectivity index (χ0v) is 22.9. The first-order valence-electron chi connectivity index (χ1n) is 11.6. The normalized spacial score (nSPS) is 12.2. The Hall–Kier alpha value is -4.04. The van der Waals surface area contributed by atoms with Gasteiger partial charge in [0.15, 0.2) is 11.5 Å². The lowest BCUT2D eigenvalue weighted by molar-refractivity contribution is -0.386. The van der Waals surface area contributed by atoms with E-state index in [4.69, 9.17) is 25.8 Å². The van der Waals surface area contributed by atoms with Gasteiger partial charge in [-0.15, -0.1) is 0 Å². The molecule has 0 aliphatic rings. The van der Waals surface area contributed by atoms with Crippen LogP contribution in [0.25, 0.3) is 5.65 Å². The number of nitrogens with one attached hydrogen (secondary N) is 1. The summed E-state index contributed by atoms with van der Waals surface area (Å²) < 4.78 is 31.1. The van der Waals surface area contributed by atoms with E-state index in [1.165, 1.54) is 28.7 Å². The van der Waals surface area contributed by atoms with Crippen LogP contribution in [0.1, 0.15) is 43.6 Å². The molecular formula is C24H28ClFN6O7. The van der Waals surface area contributed by atoms with Gasteiger partial charge >= 0.3 is 11.8 Å². The molecule has 3 aromatic rings. The molecule has 0 fully saturated rings. The number of carbonyl (C=O) groups is 2. The minimum absolute atomic E-state index is 0.00716. The van der Waals surface area contributed by atoms with Gasteiger partial charge in [-0.2, -0.15) is 9.61 Å². The van der Waals surface area contributed by atoms with Crippen molar-refractivity contribution in [2.45, 2.75) is 45.9 Å². The number of carbonyl (C=O) groups excluding carboxylic acids is 2. The fourth-order valence-corrected chi connectivity index (χ4v) is 3.67. The van der Waals surface area contributed by atoms with Gasteiger partial charge < -0.3 is 19.5 Å². The van der Waals surface area contributed by atoms with Gasteiger partial charge in [-0.05, 0) is 39.3 Å². The highest BCUT2D eigenvalue weighted by atomic mass is 35.5. The minimum Gasteiger partial charge on any atom is -0.488 e. The van der Waals surface area contributed by atoms with Crippen LogP contribution >= 0.6 is 11.6 Å². The van der Waals surface area contributed by atoms with Crippen LogP contribution in [0.2, 0.25) is 5.15 Å². The van der Waals surface area contributed by atoms with Crippen molar-refractivity contribution >= 4 is 40.8 Å². The molecule has 2 aromatic heterocycles. The lowest BCUT2D eigenvalue weighted by Gasteiger charge is -2.24. The second-order valence-corrected chi connectivity index (χ2v) is 9.93. The largest absolute Gasteiger partial charge is 0.488 e. The van der Waals surface area contributed by atoms with Crippen LogP contribution in [0.3, 0.4) is 0 Å². The van der Waals surface area contributed by atoms with Gasteiger partial charge in [0.2, 0.25) is 5.75 Å². The molecule has 2 heterocycles. The molecule has 0 aliphatic carbocycles. The second kappa shape index (κ2) is 11.8. The summed E-state index contributed by atoms with van der Waals surface area (Å²) in [4.78, 5) is 41.3. The predicted molar refractivity (Wildman–Crippen MR) is 139 cm³/mol. The number of halogens is 2. The summed E-state index contributed by atoms with van der Waals surface area (Å²) in [6.07, 6.45) is 0.633. The molecule has 1 aromatic carbocycles. The molecule has 3 rings (SSSR count). The van der Waals surface area contributed by atoms with E-state index >= 15 is 0 Å². The molecule has 0 bridgehead atoms. The fourth-order valence-electron chi connectivity index (χ4n) is 3.49. The highest BCUT2D eigenvalue weighted by Gasteiger charge is 2.25. The van der Waals surface area contributed by atoms with E-state index in [1.54, 1.807) is 27.7 Å². The van der Waals surface area contributed by atoms with E-state index in [9.17, 15) is 24.1 Å². The van der Waals surface area contributed by atoms with Gasteiger partial charge in [-0.3, -0.25) is 19.8 Å². The van der Waals surface area contributed by atoms with Gasteiger partial charge in [-0.1, -0.05) is 11.6 Å². The van der Waals surface area contributed by atoms with Gasteiger partial charge in [-0.25, -0.2) is 14.2 Å². The first kappa shape index (κ1) is 29.5. The smallest absolute Gasteiger partial charge is 0.415 e. The van der Waals surface area contributed by atoms with E-state index in [1.807, 2.05) is 0 Å². The molecule has 13 nitrogen and oxygen atoms in total. The molecule has 1 unspecified atom stereocenters. The quantitative estimate of drug-likeness (QED) is 0.229. The van der Waals surface area contributed by atoms with Crippen molar-refractivity contribution in [2.24, 2.45) is 0 Å². The Morgan fingerprint density at radius 1 is 1.31 bits per heavy atom. The predicted octanol–water partition coefficient (Wildman–Crippen LogP) is 4.15. The molecule has 1 N–H and O–H groups in total. The molecule has 39 heavy (non-hydrogen) atoms. The summed E-state index contributed by atoms with van der Waals surface area (Å²) in [6.45, 7) is 6.73. The highest BCUT2D eigenvalue weighted by Crippen LogP contribution is 2.31. The summed E-state index contributed by atoms with van der Waals surface area (Å²) in [7, 11) is 2.61. The van der Waals surface area contributed by atoms with E-state index < -0.39 is 45.8 Å². The van der Waals surface area contributed by atoms with Crippen molar-refractivity contribution in [2.75, 3.05) is 25.7 Å². The molecule has 0 aliphatic heterocycles. The lowest BCUT2D eigenvalue weighted by atomic mass is 10.2. The third kappa shape index (κ3) is 7.09. The number of fused-ring (bicyclic) bond motifs is 1. The van der Waals surface area contributed by atoms with Gasteiger partial charge in [0.05, 0.1) is 31.4 Å². The van der Waals surface area contributed by atoms with Crippen LogP contribution in [-0.4, -0.2) is 63.9 Å². The van der Waals surface area contributed by atoms with E-state index in [2.05, 4.69) is 15.4 Å². The maximum atomic E-state index is 14.1. The Bertz CT molecular complexity index is 1410. The number of anilines is 1. The number of amides is 2. The lowest BCUT2D eigenvalue weighted by Crippen LogP contribution is -2.36. The number of hydrogen-bond acceptors (Lipinski definition) is 9. The SMILES string of the molecule is COc1c(F)cc(COCC(C)NC(=O)c2cnn3c(N(C)C(=O)OC(C)(C)C)cc(Cl)nc23)cc1[N+](=O)[O-]. The van der Waals surface area contributed by atoms with Gasteiger partial charge in [0.1, 0.15) is 22.1 Å². The highest BCUT2D eigenvalue weighted by molar-refractivity contribution is 6.30. The Kier molecular flexibility index (Phi) is 8.92. The number of aromatic nitrogens is 3. The number of hydrogen-bond donors (Lipinski definition) is 1. The Morgan fingerprint density at radius 2 is 2.00 bits per heavy atom. The number of nitro benzene ring substituents is 1.